The largest absolute Gasteiger partial charge is 0.396 e. The van der Waals surface area contributed by atoms with Crippen LogP contribution < -0.4 is 5.73 Å². The van der Waals surface area contributed by atoms with Gasteiger partial charge >= 0.3 is 0 Å². The van der Waals surface area contributed by atoms with E-state index in [-0.39, 0.29) is 12.6 Å². The normalized spacial score (nSPS) is 13.4. The van der Waals surface area contributed by atoms with E-state index in [0.29, 0.717) is 0 Å². The predicted molar refractivity (Wildman–Crippen MR) is 65.9 cm³/mol. The first kappa shape index (κ1) is 14.9. The lowest BCUT2D eigenvalue weighted by Crippen LogP contribution is -2.39. The molecule has 1 atom stereocenters. The van der Waals surface area contributed by atoms with Crippen molar-refractivity contribution in [3.63, 3.8) is 0 Å². The Bertz CT molecular complexity index is 123. The van der Waals surface area contributed by atoms with Crippen molar-refractivity contribution in [2.75, 3.05) is 26.2 Å². The van der Waals surface area contributed by atoms with Gasteiger partial charge in [0.15, 0.2) is 0 Å². The molecule has 0 aromatic rings. The van der Waals surface area contributed by atoms with Gasteiger partial charge in [-0.2, -0.15) is 0 Å². The molecule has 0 aliphatic rings. The molecule has 0 aliphatic heterocycles. The molecule has 0 spiro atoms. The second kappa shape index (κ2) is 10.4. The summed E-state index contributed by atoms with van der Waals surface area (Å²) in [7, 11) is 0. The molecule has 3 N–H and O–H groups in total. The van der Waals surface area contributed by atoms with Gasteiger partial charge in [-0.1, -0.05) is 26.7 Å². The molecule has 0 aromatic carbocycles. The first-order chi connectivity index (χ1) is 7.24. The summed E-state index contributed by atoms with van der Waals surface area (Å²) < 4.78 is 0. The van der Waals surface area contributed by atoms with Crippen LogP contribution in [-0.4, -0.2) is 42.3 Å². The summed E-state index contributed by atoms with van der Waals surface area (Å²) in [5.41, 5.74) is 5.93. The van der Waals surface area contributed by atoms with Crippen LogP contribution >= 0.6 is 0 Å². The Morgan fingerprint density at radius 2 is 1.67 bits per heavy atom. The molecule has 0 saturated heterocycles. The number of nitrogens with zero attached hydrogens (tertiary/aromatic N) is 1. The molecular weight excluding hydrogens is 188 g/mol. The van der Waals surface area contributed by atoms with Crippen molar-refractivity contribution in [3.05, 3.63) is 0 Å². The third kappa shape index (κ3) is 8.85. The van der Waals surface area contributed by atoms with Crippen LogP contribution in [0, 0.1) is 0 Å². The average Bonchev–Trinajstić information content (AvgIpc) is 2.22. The smallest absolute Gasteiger partial charge is 0.0446 e. The van der Waals surface area contributed by atoms with Crippen LogP contribution in [0.1, 0.15) is 46.0 Å². The molecule has 3 heteroatoms. The zero-order valence-electron chi connectivity index (χ0n) is 10.4. The van der Waals surface area contributed by atoms with E-state index in [9.17, 15) is 0 Å². The Balaban J connectivity index is 3.76. The van der Waals surface area contributed by atoms with Crippen LogP contribution in [0.2, 0.25) is 0 Å². The van der Waals surface area contributed by atoms with Crippen LogP contribution in [0.5, 0.6) is 0 Å². The van der Waals surface area contributed by atoms with E-state index in [1.165, 1.54) is 25.7 Å². The minimum Gasteiger partial charge on any atom is -0.396 e. The molecular formula is C12H28N2O. The zero-order chi connectivity index (χ0) is 11.5. The summed E-state index contributed by atoms with van der Waals surface area (Å²) in [6.45, 7) is 7.86. The summed E-state index contributed by atoms with van der Waals surface area (Å²) >= 11 is 0. The topological polar surface area (TPSA) is 49.5 Å². The molecule has 92 valence electrons. The number of aliphatic hydroxyl groups is 1. The first-order valence-electron chi connectivity index (χ1n) is 6.33. The van der Waals surface area contributed by atoms with Gasteiger partial charge in [-0.3, -0.25) is 0 Å². The maximum absolute atomic E-state index is 8.80. The van der Waals surface area contributed by atoms with Crippen LogP contribution in [-0.2, 0) is 0 Å². The quantitative estimate of drug-likeness (QED) is 0.583. The van der Waals surface area contributed by atoms with Gasteiger partial charge in [0.05, 0.1) is 0 Å². The number of hydrogen-bond donors (Lipinski definition) is 2. The van der Waals surface area contributed by atoms with E-state index in [1.54, 1.807) is 0 Å². The Labute approximate surface area is 94.6 Å². The van der Waals surface area contributed by atoms with E-state index < -0.39 is 0 Å². The highest BCUT2D eigenvalue weighted by Crippen LogP contribution is 2.01. The fraction of sp³-hybridized carbons (Fsp3) is 1.00. The summed E-state index contributed by atoms with van der Waals surface area (Å²) in [4.78, 5) is 2.44. The average molecular weight is 216 g/mol. The van der Waals surface area contributed by atoms with E-state index in [2.05, 4.69) is 18.7 Å². The molecule has 0 fully saturated rings. The highest BCUT2D eigenvalue weighted by atomic mass is 16.3. The molecule has 0 aromatic heterocycles. The molecule has 0 amide bonds. The number of unbranched alkanes of at least 4 members (excludes halogenated alkanes) is 2. The molecule has 15 heavy (non-hydrogen) atoms. The van der Waals surface area contributed by atoms with E-state index in [1.807, 2.05) is 0 Å². The van der Waals surface area contributed by atoms with Crippen LogP contribution in [0.3, 0.4) is 0 Å². The molecule has 0 rings (SSSR count). The predicted octanol–water partition coefficient (Wildman–Crippen LogP) is 1.60. The lowest BCUT2D eigenvalue weighted by Gasteiger charge is -2.25. The third-order valence-corrected chi connectivity index (χ3v) is 2.65. The maximum atomic E-state index is 8.80. The fourth-order valence-corrected chi connectivity index (χ4v) is 1.65. The summed E-state index contributed by atoms with van der Waals surface area (Å²) in [6, 6.07) is 0.128. The van der Waals surface area contributed by atoms with Gasteiger partial charge in [0.25, 0.3) is 0 Å². The minimum absolute atomic E-state index is 0.128. The van der Waals surface area contributed by atoms with Crippen molar-refractivity contribution in [3.8, 4) is 0 Å². The van der Waals surface area contributed by atoms with Crippen molar-refractivity contribution in [2.45, 2.75) is 52.0 Å². The van der Waals surface area contributed by atoms with Crippen LogP contribution in [0.15, 0.2) is 0 Å². The standard InChI is InChI=1S/C12H28N2O/c1-3-5-8-14(9-6-4-2)11-12(13)7-10-15/h12,15H,3-11,13H2,1-2H3. The number of rotatable bonds is 10. The highest BCUT2D eigenvalue weighted by molar-refractivity contribution is 4.68. The minimum atomic E-state index is 0.128. The number of nitrogens with two attached hydrogens (primary N) is 1. The van der Waals surface area contributed by atoms with Crippen molar-refractivity contribution >= 4 is 0 Å². The van der Waals surface area contributed by atoms with Crippen LogP contribution in [0.4, 0.5) is 0 Å². The SMILES string of the molecule is CCCCN(CCCC)CC(N)CCO. The van der Waals surface area contributed by atoms with Gasteiger partial charge in [0.1, 0.15) is 0 Å². The van der Waals surface area contributed by atoms with Gasteiger partial charge in [0.2, 0.25) is 0 Å². The van der Waals surface area contributed by atoms with Crippen molar-refractivity contribution in [1.29, 1.82) is 0 Å². The van der Waals surface area contributed by atoms with Crippen molar-refractivity contribution < 1.29 is 5.11 Å². The highest BCUT2D eigenvalue weighted by Gasteiger charge is 2.09. The Morgan fingerprint density at radius 3 is 2.07 bits per heavy atom. The summed E-state index contributed by atoms with van der Waals surface area (Å²) in [5.74, 6) is 0. The fourth-order valence-electron chi connectivity index (χ4n) is 1.65. The molecule has 0 heterocycles. The van der Waals surface area contributed by atoms with Crippen LogP contribution in [0.25, 0.3) is 0 Å². The number of hydrogen-bond acceptors (Lipinski definition) is 3. The maximum Gasteiger partial charge on any atom is 0.0446 e. The van der Waals surface area contributed by atoms with Gasteiger partial charge in [0, 0.05) is 19.2 Å². The van der Waals surface area contributed by atoms with Crippen molar-refractivity contribution in [1.82, 2.24) is 4.90 Å². The second-order valence-electron chi connectivity index (χ2n) is 4.28. The van der Waals surface area contributed by atoms with E-state index in [0.717, 1.165) is 26.1 Å². The Morgan fingerprint density at radius 1 is 1.13 bits per heavy atom. The lowest BCUT2D eigenvalue weighted by atomic mass is 10.2. The first-order valence-corrected chi connectivity index (χ1v) is 6.33. The molecule has 1 unspecified atom stereocenters. The summed E-state index contributed by atoms with van der Waals surface area (Å²) in [6.07, 6.45) is 5.68. The lowest BCUT2D eigenvalue weighted by molar-refractivity contribution is 0.220. The van der Waals surface area contributed by atoms with Gasteiger partial charge in [-0.05, 0) is 32.4 Å². The molecule has 0 bridgehead atoms. The van der Waals surface area contributed by atoms with E-state index in [4.69, 9.17) is 10.8 Å². The Kier molecular flexibility index (Phi) is 10.3. The second-order valence-corrected chi connectivity index (χ2v) is 4.28. The molecule has 0 radical (unpaired) electrons. The zero-order valence-corrected chi connectivity index (χ0v) is 10.4. The van der Waals surface area contributed by atoms with Gasteiger partial charge in [-0.15, -0.1) is 0 Å². The molecule has 0 aliphatic carbocycles. The van der Waals surface area contributed by atoms with E-state index >= 15 is 0 Å². The van der Waals surface area contributed by atoms with Gasteiger partial charge in [-0.25, -0.2) is 0 Å². The van der Waals surface area contributed by atoms with Crippen molar-refractivity contribution in [2.24, 2.45) is 5.73 Å². The monoisotopic (exact) mass is 216 g/mol. The summed E-state index contributed by atoms with van der Waals surface area (Å²) in [5, 5.41) is 8.80. The van der Waals surface area contributed by atoms with Gasteiger partial charge < -0.3 is 15.7 Å². The molecule has 0 saturated carbocycles. The Hall–Kier alpha value is -0.120. The third-order valence-electron chi connectivity index (χ3n) is 2.65. The number of aliphatic hydroxyl groups excluding tert-OH is 1. The molecule has 3 nitrogen and oxygen atoms in total.